The lowest BCUT2D eigenvalue weighted by molar-refractivity contribution is -0.176. The van der Waals surface area contributed by atoms with Crippen molar-refractivity contribution in [2.24, 2.45) is 11.8 Å². The number of para-hydroxylation sites is 1. The van der Waals surface area contributed by atoms with E-state index in [1.54, 1.807) is 38.1 Å². The van der Waals surface area contributed by atoms with Gasteiger partial charge in [-0.05, 0) is 31.0 Å². The highest BCUT2D eigenvalue weighted by atomic mass is 16.6. The van der Waals surface area contributed by atoms with E-state index in [4.69, 9.17) is 14.2 Å². The molecule has 1 saturated heterocycles. The highest BCUT2D eigenvalue weighted by Gasteiger charge is 2.42. The van der Waals surface area contributed by atoms with Crippen LogP contribution in [0.25, 0.3) is 0 Å². The van der Waals surface area contributed by atoms with Crippen LogP contribution in [0.2, 0.25) is 0 Å². The highest BCUT2D eigenvalue weighted by Crippen LogP contribution is 2.28. The van der Waals surface area contributed by atoms with E-state index in [1.165, 1.54) is 25.1 Å². The van der Waals surface area contributed by atoms with Crippen molar-refractivity contribution in [2.45, 2.75) is 45.4 Å². The number of nitrogens with one attached hydrogen (secondary N) is 2. The van der Waals surface area contributed by atoms with Crippen molar-refractivity contribution < 1.29 is 43.3 Å². The fourth-order valence-corrected chi connectivity index (χ4v) is 3.89. The molecule has 1 aliphatic rings. The summed E-state index contributed by atoms with van der Waals surface area (Å²) in [5.41, 5.74) is 0.542. The molecule has 1 heterocycles. The number of anilines is 1. The van der Waals surface area contributed by atoms with Gasteiger partial charge in [0.25, 0.3) is 5.91 Å². The van der Waals surface area contributed by atoms with Crippen molar-refractivity contribution >= 4 is 35.9 Å². The average Bonchev–Trinajstić information content (AvgIpc) is 2.92. The minimum atomic E-state index is -1.42. The number of carbonyl (C=O) groups excluding carboxylic acids is 5. The van der Waals surface area contributed by atoms with E-state index in [-0.39, 0.29) is 17.7 Å². The van der Waals surface area contributed by atoms with Crippen molar-refractivity contribution in [2.75, 3.05) is 11.9 Å². The van der Waals surface area contributed by atoms with E-state index < -0.39 is 66.3 Å². The minimum Gasteiger partial charge on any atom is -0.505 e. The third-order valence-corrected chi connectivity index (χ3v) is 5.96. The molecule has 2 aromatic rings. The molecule has 0 radical (unpaired) electrons. The molecule has 0 aromatic heterocycles. The molecule has 0 unspecified atom stereocenters. The average molecular weight is 527 g/mol. The second-order valence-corrected chi connectivity index (χ2v) is 9.11. The van der Waals surface area contributed by atoms with Crippen LogP contribution in [0.15, 0.2) is 48.5 Å². The molecule has 2 aromatic carbocycles. The number of rotatable bonds is 8. The molecule has 4 atom stereocenters. The number of amides is 2. The largest absolute Gasteiger partial charge is 0.505 e. The van der Waals surface area contributed by atoms with Gasteiger partial charge >= 0.3 is 17.9 Å². The first-order valence-corrected chi connectivity index (χ1v) is 12.1. The molecule has 202 valence electrons. The Morgan fingerprint density at radius 2 is 1.82 bits per heavy atom. The zero-order valence-corrected chi connectivity index (χ0v) is 21.2. The molecule has 0 spiro atoms. The zero-order chi connectivity index (χ0) is 27.8. The maximum atomic E-state index is 13.2. The predicted octanol–water partition coefficient (Wildman–Crippen LogP) is 1.97. The SMILES string of the molecule is CC(C)C(=O)O[C@H]1[C@H](C)OC(=O)[C@@H](NC(=O)c2cccc(NC=O)c2O)COC(=O)[C@@H]1Cc1ccccc1. The Balaban J connectivity index is 1.87. The van der Waals surface area contributed by atoms with Crippen molar-refractivity contribution in [3.63, 3.8) is 0 Å². The number of ether oxygens (including phenoxy) is 3. The lowest BCUT2D eigenvalue weighted by atomic mass is 9.91. The van der Waals surface area contributed by atoms with Crippen LogP contribution in [0, 0.1) is 11.8 Å². The number of cyclic esters (lactones) is 2. The Kier molecular flexibility index (Phi) is 9.42. The van der Waals surface area contributed by atoms with Gasteiger partial charge in [-0.3, -0.25) is 19.2 Å². The van der Waals surface area contributed by atoms with Crippen LogP contribution < -0.4 is 10.6 Å². The van der Waals surface area contributed by atoms with E-state index in [1.807, 2.05) is 6.07 Å². The van der Waals surface area contributed by atoms with Crippen LogP contribution in [0.1, 0.15) is 36.7 Å². The van der Waals surface area contributed by atoms with E-state index in [0.717, 1.165) is 5.56 Å². The standard InChI is InChI=1S/C27H30N2O9/c1-15(2)25(33)38-23-16(3)37-27(35)21(13-36-26(34)19(23)12-17-8-5-4-6-9-17)29-24(32)18-10-7-11-20(22(18)31)28-14-30/h4-11,14-16,19,21,23,31H,12-13H2,1-3H3,(H,28,30)(H,29,32)/t16-,19+,21-,23-/m0/s1. The summed E-state index contributed by atoms with van der Waals surface area (Å²) < 4.78 is 16.6. The number of phenolic OH excluding ortho intramolecular Hbond substituents is 1. The first-order valence-electron chi connectivity index (χ1n) is 12.1. The molecule has 3 N–H and O–H groups in total. The quantitative estimate of drug-likeness (QED) is 0.202. The van der Waals surface area contributed by atoms with Gasteiger partial charge in [-0.25, -0.2) is 4.79 Å². The number of hydrogen-bond acceptors (Lipinski definition) is 9. The second-order valence-electron chi connectivity index (χ2n) is 9.11. The van der Waals surface area contributed by atoms with Gasteiger partial charge < -0.3 is 30.0 Å². The number of hydrogen-bond donors (Lipinski definition) is 3. The van der Waals surface area contributed by atoms with Crippen molar-refractivity contribution in [3.05, 3.63) is 59.7 Å². The van der Waals surface area contributed by atoms with E-state index in [0.29, 0.717) is 6.41 Å². The molecule has 1 fully saturated rings. The van der Waals surface area contributed by atoms with Gasteiger partial charge in [0.2, 0.25) is 6.41 Å². The Morgan fingerprint density at radius 3 is 2.47 bits per heavy atom. The zero-order valence-electron chi connectivity index (χ0n) is 21.2. The Bertz CT molecular complexity index is 1180. The van der Waals surface area contributed by atoms with Crippen molar-refractivity contribution in [3.8, 4) is 5.75 Å². The van der Waals surface area contributed by atoms with Crippen LogP contribution in [0.4, 0.5) is 5.69 Å². The van der Waals surface area contributed by atoms with Crippen molar-refractivity contribution in [1.82, 2.24) is 5.32 Å². The maximum absolute atomic E-state index is 13.2. The molecule has 0 aliphatic carbocycles. The Hall–Kier alpha value is -4.41. The topological polar surface area (TPSA) is 157 Å². The van der Waals surface area contributed by atoms with E-state index in [2.05, 4.69) is 10.6 Å². The summed E-state index contributed by atoms with van der Waals surface area (Å²) in [6.07, 6.45) is -1.72. The molecular formula is C27H30N2O9. The fourth-order valence-electron chi connectivity index (χ4n) is 3.89. The summed E-state index contributed by atoms with van der Waals surface area (Å²) >= 11 is 0. The molecule has 3 rings (SSSR count). The molecule has 0 saturated carbocycles. The third-order valence-electron chi connectivity index (χ3n) is 5.96. The predicted molar refractivity (Wildman–Crippen MR) is 134 cm³/mol. The molecule has 11 nitrogen and oxygen atoms in total. The van der Waals surface area contributed by atoms with Crippen LogP contribution in [-0.2, 0) is 39.8 Å². The van der Waals surface area contributed by atoms with Crippen LogP contribution >= 0.6 is 0 Å². The monoisotopic (exact) mass is 526 g/mol. The summed E-state index contributed by atoms with van der Waals surface area (Å²) in [6, 6.07) is 11.7. The van der Waals surface area contributed by atoms with Gasteiger partial charge in [0.15, 0.2) is 17.9 Å². The summed E-state index contributed by atoms with van der Waals surface area (Å²) in [5.74, 6) is -5.11. The van der Waals surface area contributed by atoms with Crippen molar-refractivity contribution in [1.29, 1.82) is 0 Å². The Labute approximate surface area is 219 Å². The minimum absolute atomic E-state index is 0.0108. The van der Waals surface area contributed by atoms with Crippen LogP contribution in [-0.4, -0.2) is 60.2 Å². The molecular weight excluding hydrogens is 496 g/mol. The van der Waals surface area contributed by atoms with Crippen LogP contribution in [0.5, 0.6) is 5.75 Å². The molecule has 2 amide bonds. The third kappa shape index (κ3) is 6.87. The van der Waals surface area contributed by atoms with Gasteiger partial charge in [0, 0.05) is 0 Å². The highest BCUT2D eigenvalue weighted by molar-refractivity contribution is 6.01. The lowest BCUT2D eigenvalue weighted by Gasteiger charge is -2.29. The summed E-state index contributed by atoms with van der Waals surface area (Å²) in [4.78, 5) is 62.3. The fraction of sp³-hybridized carbons (Fsp3) is 0.370. The maximum Gasteiger partial charge on any atom is 0.332 e. The second kappa shape index (κ2) is 12.7. The smallest absolute Gasteiger partial charge is 0.332 e. The normalized spacial score (nSPS) is 21.7. The summed E-state index contributed by atoms with van der Waals surface area (Å²) in [5, 5.41) is 15.0. The molecule has 0 bridgehead atoms. The van der Waals surface area contributed by atoms with Gasteiger partial charge in [-0.2, -0.15) is 0 Å². The lowest BCUT2D eigenvalue weighted by Crippen LogP contribution is -2.46. The summed E-state index contributed by atoms with van der Waals surface area (Å²) in [7, 11) is 0. The first kappa shape index (κ1) is 28.2. The van der Waals surface area contributed by atoms with Gasteiger partial charge in [0.05, 0.1) is 17.2 Å². The van der Waals surface area contributed by atoms with Crippen LogP contribution in [0.3, 0.4) is 0 Å². The molecule has 1 aliphatic heterocycles. The number of esters is 3. The van der Waals surface area contributed by atoms with Gasteiger partial charge in [-0.1, -0.05) is 50.2 Å². The number of carbonyl (C=O) groups is 5. The number of phenols is 1. The van der Waals surface area contributed by atoms with E-state index in [9.17, 15) is 29.1 Å². The van der Waals surface area contributed by atoms with Gasteiger partial charge in [-0.15, -0.1) is 0 Å². The molecule has 38 heavy (non-hydrogen) atoms. The van der Waals surface area contributed by atoms with Gasteiger partial charge in [0.1, 0.15) is 18.6 Å². The number of benzene rings is 2. The Morgan fingerprint density at radius 1 is 1.11 bits per heavy atom. The van der Waals surface area contributed by atoms with E-state index >= 15 is 0 Å². The number of aromatic hydroxyl groups is 1. The molecule has 11 heteroatoms. The summed E-state index contributed by atoms with van der Waals surface area (Å²) in [6.45, 7) is 4.21. The first-order chi connectivity index (χ1) is 18.1.